The molecule has 0 bridgehead atoms. The van der Waals surface area contributed by atoms with E-state index in [1.54, 1.807) is 116 Å². The van der Waals surface area contributed by atoms with Crippen molar-refractivity contribution < 1.29 is 96.5 Å². The minimum Gasteiger partial charge on any atom is -0.447 e. The van der Waals surface area contributed by atoms with E-state index in [1.165, 1.54) is 81.4 Å². The fourth-order valence-electron chi connectivity index (χ4n) is 16.3. The number of methoxy groups -OCH3 is 1. The van der Waals surface area contributed by atoms with Crippen LogP contribution in [0.2, 0.25) is 0 Å². The minimum absolute atomic E-state index is 0.0105. The monoisotopic (exact) mass is 1770 g/mol. The Morgan fingerprint density at radius 3 is 1.09 bits per heavy atom. The first-order chi connectivity index (χ1) is 63.3. The number of nitriles is 3. The largest absolute Gasteiger partial charge is 0.447 e. The number of ether oxygens (including phenoxy) is 9. The maximum Gasteiger partial charge on any atom is 0.270 e. The molecule has 0 amide bonds. The third-order valence-corrected chi connectivity index (χ3v) is 23.4. The van der Waals surface area contributed by atoms with E-state index in [0.717, 1.165) is 43.2 Å². The van der Waals surface area contributed by atoms with Crippen LogP contribution in [0, 0.1) is 86.3 Å². The van der Waals surface area contributed by atoms with Crippen molar-refractivity contribution in [1.82, 2.24) is 28.7 Å². The smallest absolute Gasteiger partial charge is 0.270 e. The highest BCUT2D eigenvalue weighted by molar-refractivity contribution is 5.99. The van der Waals surface area contributed by atoms with Gasteiger partial charge in [0.15, 0.2) is 51.8 Å². The van der Waals surface area contributed by atoms with Crippen molar-refractivity contribution in [2.45, 2.75) is 104 Å². The van der Waals surface area contributed by atoms with Gasteiger partial charge in [-0.3, -0.25) is 14.4 Å². The Morgan fingerprint density at radius 2 is 0.748 bits per heavy atom. The molecule has 5 aliphatic rings. The highest BCUT2D eigenvalue weighted by Crippen LogP contribution is 2.52. The number of aromatic nitrogens is 6. The molecule has 131 heavy (non-hydrogen) atoms. The molecule has 2 saturated heterocycles. The van der Waals surface area contributed by atoms with Crippen molar-refractivity contribution in [1.29, 1.82) is 15.8 Å². The molecule has 0 saturated carbocycles. The predicted octanol–water partition coefficient (Wildman–Crippen LogP) is 21.0. The maximum atomic E-state index is 15.7. The van der Waals surface area contributed by atoms with Gasteiger partial charge in [0.05, 0.1) is 117 Å². The van der Waals surface area contributed by atoms with Gasteiger partial charge < -0.3 is 56.3 Å². The number of para-hydroxylation sites is 3. The van der Waals surface area contributed by atoms with Gasteiger partial charge in [-0.05, 0) is 214 Å². The normalized spacial score (nSPS) is 15.9. The number of hydrogen-bond acceptors (Lipinski definition) is 18. The number of hydrogen-bond donors (Lipinski definition) is 0. The zero-order valence-corrected chi connectivity index (χ0v) is 70.0. The fourth-order valence-corrected chi connectivity index (χ4v) is 16.3. The van der Waals surface area contributed by atoms with Crippen molar-refractivity contribution >= 4 is 50.4 Å². The third-order valence-electron chi connectivity index (χ3n) is 23.4. The molecule has 30 heteroatoms. The van der Waals surface area contributed by atoms with Crippen LogP contribution in [0.5, 0.6) is 34.5 Å². The van der Waals surface area contributed by atoms with E-state index in [-0.39, 0.29) is 156 Å². The van der Waals surface area contributed by atoms with Crippen molar-refractivity contribution in [3.8, 4) is 86.1 Å². The van der Waals surface area contributed by atoms with Gasteiger partial charge >= 0.3 is 0 Å². The number of carbonyl (C=O) groups is 3. The summed E-state index contributed by atoms with van der Waals surface area (Å²) in [5.41, 5.74) is 7.33. The summed E-state index contributed by atoms with van der Waals surface area (Å²) in [6, 6.07) is 54.6. The molecule has 2 unspecified atom stereocenters. The second-order valence-electron chi connectivity index (χ2n) is 31.7. The number of rotatable bonds is 22. The van der Waals surface area contributed by atoms with Crippen LogP contribution in [0.3, 0.4) is 0 Å². The van der Waals surface area contributed by atoms with E-state index in [0.29, 0.717) is 118 Å². The second kappa shape index (κ2) is 36.0. The van der Waals surface area contributed by atoms with Gasteiger partial charge in [0, 0.05) is 96.2 Å². The van der Waals surface area contributed by atoms with E-state index >= 15 is 26.3 Å². The number of benzene rings is 12. The van der Waals surface area contributed by atoms with E-state index in [4.69, 9.17) is 58.4 Å². The van der Waals surface area contributed by atoms with Gasteiger partial charge in [0.1, 0.15) is 69.8 Å². The highest BCUT2D eigenvalue weighted by Gasteiger charge is 2.37. The quantitative estimate of drug-likeness (QED) is 0.0451. The number of carbonyl (C=O) groups excluding carboxylic acids is 3. The summed E-state index contributed by atoms with van der Waals surface area (Å²) in [7, 11) is 1.56. The Labute approximate surface area is 741 Å². The molecule has 21 nitrogen and oxygen atoms in total. The predicted molar refractivity (Wildman–Crippen MR) is 459 cm³/mol. The first kappa shape index (κ1) is 86.3. The molecule has 0 spiro atoms. The van der Waals surface area contributed by atoms with Gasteiger partial charge in [0.25, 0.3) is 18.9 Å². The molecule has 2 fully saturated rings. The average molecular weight is 1770 g/mol. The van der Waals surface area contributed by atoms with Crippen LogP contribution in [0.4, 0.5) is 39.5 Å². The molecule has 0 radical (unpaired) electrons. The SMILES string of the molecule is CC(=O)c1ccc2nc(Cc3c(F)cc(-c4cccc5c4OC(c4ccc(C#N)cc4F)O5)cc3F)n(C[C@@H]3CCO3)c2c1.CC(=O)c1ccc2nc(Cc3c(F)cc(-c4cccc5c4O[C@H](c4ccc(C#N)cc4F)O5)cc3F)n(C[C@@H]3CCO3)c2c1.COCCn1c(Cc2cc(F)c(-c3cccc4c3OC(c3ccc(C#N)cc3F)O4)cc2F)nc2ccc(C(C)=O)cc21. The van der Waals surface area contributed by atoms with Crippen molar-refractivity contribution in [3.63, 3.8) is 0 Å². The Kier molecular flexibility index (Phi) is 23.7. The third kappa shape index (κ3) is 17.2. The molecule has 656 valence electrons. The number of Topliss-reactive ketones (excluding diaryl/α,β-unsaturated/α-hetero) is 3. The van der Waals surface area contributed by atoms with Crippen LogP contribution in [0.15, 0.2) is 200 Å². The van der Waals surface area contributed by atoms with Gasteiger partial charge in [-0.2, -0.15) is 15.8 Å². The zero-order valence-electron chi connectivity index (χ0n) is 70.0. The number of halogens is 9. The van der Waals surface area contributed by atoms with Crippen molar-refractivity contribution in [2.75, 3.05) is 26.9 Å². The fraction of sp³-hybridized carbons (Fsp3) is 0.198. The van der Waals surface area contributed by atoms with Crippen LogP contribution < -0.4 is 28.4 Å². The summed E-state index contributed by atoms with van der Waals surface area (Å²) in [6.07, 6.45) is -2.08. The summed E-state index contributed by atoms with van der Waals surface area (Å²) >= 11 is 0. The summed E-state index contributed by atoms with van der Waals surface area (Å²) in [6.45, 7) is 7.39. The standard InChI is InChI=1S/2C34H24F3N3O4.C33H24F3N3O4/c2*1-18(41)20-6-8-29-30(14-20)40(17-22-9-10-42-22)32(39-29)15-25-27(36)12-21(13-28(25)37)23-3-2-4-31-33(23)44-34(43-31)24-7-5-19(16-38)11-26(24)35;1-18(40)20-7-9-28-29(14-20)39(10-11-41-2)31(38-28)15-21-13-27(36)24(16-25(21)34)22-4-3-5-30-32(22)43-33(42-30)23-8-6-19(17-37)12-26(23)35/h2*2-8,11-14,22,34H,9-10,15,17H2,1H3;3-9,12-14,16,33H,10-11,15H2,1-2H3/t22-,34?;22-,34+;/m00./s1. The highest BCUT2D eigenvalue weighted by atomic mass is 19.2. The number of imidazole rings is 3. The summed E-state index contributed by atoms with van der Waals surface area (Å²) < 4.78 is 195. The molecule has 12 aromatic carbocycles. The lowest BCUT2D eigenvalue weighted by Gasteiger charge is -2.27. The van der Waals surface area contributed by atoms with Crippen molar-refractivity contribution in [2.24, 2.45) is 0 Å². The zero-order chi connectivity index (χ0) is 91.3. The van der Waals surface area contributed by atoms with Crippen LogP contribution in [-0.4, -0.2) is 85.1 Å². The molecule has 0 aliphatic carbocycles. The van der Waals surface area contributed by atoms with Crippen molar-refractivity contribution in [3.05, 3.63) is 337 Å². The molecular formula is C101H72F9N9O12. The van der Waals surface area contributed by atoms with Gasteiger partial charge in [-0.1, -0.05) is 36.4 Å². The lowest BCUT2D eigenvalue weighted by molar-refractivity contribution is -0.0591. The lowest BCUT2D eigenvalue weighted by atomic mass is 10.00. The molecular weight excluding hydrogens is 1700 g/mol. The molecule has 8 heterocycles. The van der Waals surface area contributed by atoms with Gasteiger partial charge in [-0.15, -0.1) is 0 Å². The Bertz CT molecular complexity index is 6990. The molecule has 0 N–H and O–H groups in total. The molecule has 5 aliphatic heterocycles. The van der Waals surface area contributed by atoms with Crippen LogP contribution in [-0.2, 0) is 53.1 Å². The van der Waals surface area contributed by atoms with Gasteiger partial charge in [0.2, 0.25) is 0 Å². The minimum atomic E-state index is -1.17. The van der Waals surface area contributed by atoms with E-state index in [1.807, 2.05) is 31.9 Å². The first-order valence-corrected chi connectivity index (χ1v) is 41.5. The Morgan fingerprint density at radius 1 is 0.389 bits per heavy atom. The van der Waals surface area contributed by atoms with Crippen LogP contribution >= 0.6 is 0 Å². The van der Waals surface area contributed by atoms with Crippen LogP contribution in [0.1, 0.15) is 151 Å². The molecule has 5 atom stereocenters. The Hall–Kier alpha value is -15.4. The van der Waals surface area contributed by atoms with E-state index in [2.05, 4.69) is 15.0 Å². The van der Waals surface area contributed by atoms with Gasteiger partial charge in [-0.25, -0.2) is 54.5 Å². The number of ketones is 3. The molecule has 3 aromatic heterocycles. The average Bonchev–Trinajstić information content (AvgIpc) is 1.68. The number of fused-ring (bicyclic) bond motifs is 6. The summed E-state index contributed by atoms with van der Waals surface area (Å²) in [4.78, 5) is 50.0. The molecule has 15 aromatic rings. The Balaban J connectivity index is 0.000000132. The van der Waals surface area contributed by atoms with E-state index < -0.39 is 71.2 Å². The first-order valence-electron chi connectivity index (χ1n) is 41.5. The summed E-state index contributed by atoms with van der Waals surface area (Å²) in [5.74, 6) is -3.94. The summed E-state index contributed by atoms with van der Waals surface area (Å²) in [5, 5.41) is 27.1. The topological polar surface area (TPSA) is 259 Å². The molecule has 20 rings (SSSR count). The second-order valence-corrected chi connectivity index (χ2v) is 31.7. The maximum absolute atomic E-state index is 15.7. The number of nitrogens with zero attached hydrogens (tertiary/aromatic N) is 9. The van der Waals surface area contributed by atoms with Crippen LogP contribution in [0.25, 0.3) is 66.5 Å². The lowest BCUT2D eigenvalue weighted by Crippen LogP contribution is -2.31. The van der Waals surface area contributed by atoms with E-state index in [9.17, 15) is 27.6 Å².